The number of piperidine rings is 1. The molecular weight excluding hydrogens is 324 g/mol. The average Bonchev–Trinajstić information content (AvgIpc) is 2.68. The minimum Gasteiger partial charge on any atom is -0.508 e. The van der Waals surface area contributed by atoms with Crippen LogP contribution in [0.25, 0.3) is 5.76 Å². The molecule has 1 saturated heterocycles. The highest BCUT2D eigenvalue weighted by Gasteiger charge is 2.25. The van der Waals surface area contributed by atoms with Gasteiger partial charge in [0.05, 0.1) is 11.6 Å². The van der Waals surface area contributed by atoms with Gasteiger partial charge >= 0.3 is 0 Å². The fourth-order valence-electron chi connectivity index (χ4n) is 3.49. The first-order chi connectivity index (χ1) is 12.5. The predicted molar refractivity (Wildman–Crippen MR) is 102 cm³/mol. The summed E-state index contributed by atoms with van der Waals surface area (Å²) in [6.45, 7) is 6.85. The molecule has 4 nitrogen and oxygen atoms in total. The molecule has 0 radical (unpaired) electrons. The Morgan fingerprint density at radius 3 is 2.42 bits per heavy atom. The summed E-state index contributed by atoms with van der Waals surface area (Å²) in [4.78, 5) is 14.7. The van der Waals surface area contributed by atoms with E-state index in [9.17, 15) is 9.90 Å². The van der Waals surface area contributed by atoms with E-state index in [1.54, 1.807) is 12.1 Å². The molecule has 132 valence electrons. The van der Waals surface area contributed by atoms with E-state index >= 15 is 0 Å². The van der Waals surface area contributed by atoms with E-state index in [1.807, 2.05) is 42.2 Å². The van der Waals surface area contributed by atoms with Crippen molar-refractivity contribution in [1.82, 2.24) is 4.90 Å². The van der Waals surface area contributed by atoms with E-state index in [0.29, 0.717) is 35.7 Å². The maximum absolute atomic E-state index is 12.8. The summed E-state index contributed by atoms with van der Waals surface area (Å²) in [6.07, 6.45) is 1.81. The molecule has 1 aliphatic heterocycles. The number of aliphatic hydroxyl groups excluding tert-OH is 1. The molecule has 1 fully saturated rings. The van der Waals surface area contributed by atoms with E-state index < -0.39 is 0 Å². The summed E-state index contributed by atoms with van der Waals surface area (Å²) in [7, 11) is 0. The third-order valence-electron chi connectivity index (χ3n) is 5.09. The molecule has 4 heteroatoms. The number of nitrogens with zero attached hydrogens (tertiary/aromatic N) is 2. The minimum absolute atomic E-state index is 0.00854. The van der Waals surface area contributed by atoms with Crippen LogP contribution in [0.2, 0.25) is 0 Å². The van der Waals surface area contributed by atoms with Crippen molar-refractivity contribution < 1.29 is 9.90 Å². The van der Waals surface area contributed by atoms with Gasteiger partial charge in [-0.2, -0.15) is 5.26 Å². The first-order valence-corrected chi connectivity index (χ1v) is 8.78. The number of hydrogen-bond acceptors (Lipinski definition) is 3. The van der Waals surface area contributed by atoms with Crippen LogP contribution in [0.3, 0.4) is 0 Å². The van der Waals surface area contributed by atoms with Gasteiger partial charge in [-0.05, 0) is 61.1 Å². The monoisotopic (exact) mass is 346 g/mol. The van der Waals surface area contributed by atoms with Crippen LogP contribution in [-0.2, 0) is 0 Å². The maximum Gasteiger partial charge on any atom is 0.253 e. The molecule has 2 aromatic carbocycles. The zero-order valence-electron chi connectivity index (χ0n) is 14.9. The van der Waals surface area contributed by atoms with Gasteiger partial charge in [-0.3, -0.25) is 4.79 Å². The molecular formula is C22H22N2O2. The molecule has 1 aliphatic rings. The fourth-order valence-corrected chi connectivity index (χ4v) is 3.49. The SMILES string of the molecule is C=C(O)c1cc(C(=O)N2CCC(c3ccc(C#N)cc3)CC2)ccc1C. The lowest BCUT2D eigenvalue weighted by molar-refractivity contribution is 0.0713. The third kappa shape index (κ3) is 3.62. The molecule has 0 spiro atoms. The Bertz CT molecular complexity index is 870. The molecule has 0 aromatic heterocycles. The average molecular weight is 346 g/mol. The summed E-state index contributed by atoms with van der Waals surface area (Å²) in [5, 5.41) is 18.6. The van der Waals surface area contributed by atoms with E-state index in [-0.39, 0.29) is 11.7 Å². The zero-order valence-corrected chi connectivity index (χ0v) is 14.9. The van der Waals surface area contributed by atoms with Gasteiger partial charge in [0.1, 0.15) is 5.76 Å². The van der Waals surface area contributed by atoms with Crippen LogP contribution in [0.5, 0.6) is 0 Å². The van der Waals surface area contributed by atoms with Gasteiger partial charge in [-0.1, -0.05) is 24.8 Å². The Labute approximate surface area is 154 Å². The van der Waals surface area contributed by atoms with Crippen molar-refractivity contribution in [1.29, 1.82) is 5.26 Å². The lowest BCUT2D eigenvalue weighted by atomic mass is 9.88. The topological polar surface area (TPSA) is 64.3 Å². The second kappa shape index (κ2) is 7.45. The molecule has 0 atom stereocenters. The number of nitriles is 1. The van der Waals surface area contributed by atoms with Crippen LogP contribution in [0, 0.1) is 18.3 Å². The van der Waals surface area contributed by atoms with Gasteiger partial charge in [0.15, 0.2) is 0 Å². The van der Waals surface area contributed by atoms with Gasteiger partial charge < -0.3 is 10.0 Å². The van der Waals surface area contributed by atoms with Gasteiger partial charge in [0, 0.05) is 24.2 Å². The summed E-state index contributed by atoms with van der Waals surface area (Å²) >= 11 is 0. The Morgan fingerprint density at radius 1 is 1.19 bits per heavy atom. The predicted octanol–water partition coefficient (Wildman–Crippen LogP) is 4.42. The Kier molecular flexibility index (Phi) is 5.09. The van der Waals surface area contributed by atoms with Crippen molar-refractivity contribution in [3.05, 3.63) is 76.9 Å². The second-order valence-corrected chi connectivity index (χ2v) is 6.78. The van der Waals surface area contributed by atoms with Gasteiger partial charge in [0.2, 0.25) is 0 Å². The number of aryl methyl sites for hydroxylation is 1. The molecule has 0 aliphatic carbocycles. The summed E-state index contributed by atoms with van der Waals surface area (Å²) in [6, 6.07) is 15.2. The van der Waals surface area contributed by atoms with Crippen LogP contribution in [-0.4, -0.2) is 29.0 Å². The van der Waals surface area contributed by atoms with E-state index in [4.69, 9.17) is 5.26 Å². The highest BCUT2D eigenvalue weighted by Crippen LogP contribution is 2.29. The number of likely N-dealkylation sites (tertiary alicyclic amines) is 1. The standard InChI is InChI=1S/C22H22N2O2/c1-15-3-6-20(13-21(15)16(2)25)22(26)24-11-9-19(10-12-24)18-7-4-17(14-23)5-8-18/h3-8,13,19,25H,2,9-12H2,1H3. The Balaban J connectivity index is 1.67. The number of hydrogen-bond donors (Lipinski definition) is 1. The summed E-state index contributed by atoms with van der Waals surface area (Å²) in [5.74, 6) is 0.389. The van der Waals surface area contributed by atoms with Crippen molar-refractivity contribution in [2.75, 3.05) is 13.1 Å². The molecule has 26 heavy (non-hydrogen) atoms. The lowest BCUT2D eigenvalue weighted by Crippen LogP contribution is -2.38. The number of aliphatic hydroxyl groups is 1. The largest absolute Gasteiger partial charge is 0.508 e. The number of carbonyl (C=O) groups is 1. The lowest BCUT2D eigenvalue weighted by Gasteiger charge is -2.32. The van der Waals surface area contributed by atoms with Crippen molar-refractivity contribution >= 4 is 11.7 Å². The quantitative estimate of drug-likeness (QED) is 0.837. The third-order valence-corrected chi connectivity index (χ3v) is 5.09. The van der Waals surface area contributed by atoms with Gasteiger partial charge in [-0.15, -0.1) is 0 Å². The van der Waals surface area contributed by atoms with Crippen molar-refractivity contribution in [2.45, 2.75) is 25.7 Å². The fraction of sp³-hybridized carbons (Fsp3) is 0.273. The molecule has 1 amide bonds. The highest BCUT2D eigenvalue weighted by atomic mass is 16.3. The molecule has 1 heterocycles. The molecule has 0 bridgehead atoms. The molecule has 3 rings (SSSR count). The number of carbonyl (C=O) groups excluding carboxylic acids is 1. The van der Waals surface area contributed by atoms with Crippen LogP contribution in [0.4, 0.5) is 0 Å². The summed E-state index contributed by atoms with van der Waals surface area (Å²) in [5.41, 5.74) is 3.99. The number of amides is 1. The molecule has 2 aromatic rings. The maximum atomic E-state index is 12.8. The molecule has 1 N–H and O–H groups in total. The summed E-state index contributed by atoms with van der Waals surface area (Å²) < 4.78 is 0. The first-order valence-electron chi connectivity index (χ1n) is 8.78. The van der Waals surface area contributed by atoms with Crippen LogP contribution in [0.1, 0.15) is 51.4 Å². The first kappa shape index (κ1) is 17.8. The highest BCUT2D eigenvalue weighted by molar-refractivity contribution is 5.95. The van der Waals surface area contributed by atoms with Crippen molar-refractivity contribution in [3.8, 4) is 6.07 Å². The van der Waals surface area contributed by atoms with E-state index in [0.717, 1.165) is 18.4 Å². The minimum atomic E-state index is -0.0170. The van der Waals surface area contributed by atoms with Crippen LogP contribution >= 0.6 is 0 Å². The number of benzene rings is 2. The van der Waals surface area contributed by atoms with E-state index in [2.05, 4.69) is 12.6 Å². The smallest absolute Gasteiger partial charge is 0.253 e. The Morgan fingerprint density at radius 2 is 1.85 bits per heavy atom. The Hall–Kier alpha value is -3.06. The zero-order chi connectivity index (χ0) is 18.7. The van der Waals surface area contributed by atoms with E-state index in [1.165, 1.54) is 5.56 Å². The van der Waals surface area contributed by atoms with Crippen LogP contribution in [0.15, 0.2) is 49.0 Å². The van der Waals surface area contributed by atoms with Crippen molar-refractivity contribution in [2.24, 2.45) is 0 Å². The van der Waals surface area contributed by atoms with Crippen molar-refractivity contribution in [3.63, 3.8) is 0 Å². The van der Waals surface area contributed by atoms with Crippen LogP contribution < -0.4 is 0 Å². The number of rotatable bonds is 3. The van der Waals surface area contributed by atoms with Gasteiger partial charge in [0.25, 0.3) is 5.91 Å². The molecule has 0 saturated carbocycles. The molecule has 0 unspecified atom stereocenters. The normalized spacial score (nSPS) is 14.7. The second-order valence-electron chi connectivity index (χ2n) is 6.78. The van der Waals surface area contributed by atoms with Gasteiger partial charge in [-0.25, -0.2) is 0 Å².